The third kappa shape index (κ3) is 2.18. The van der Waals surface area contributed by atoms with E-state index in [1.165, 1.54) is 7.11 Å². The van der Waals surface area contributed by atoms with Crippen LogP contribution in [0.3, 0.4) is 0 Å². The summed E-state index contributed by atoms with van der Waals surface area (Å²) in [5, 5.41) is 2.79. The molecule has 2 aliphatic carbocycles. The van der Waals surface area contributed by atoms with Gasteiger partial charge in [0.1, 0.15) is 5.41 Å². The van der Waals surface area contributed by atoms with Gasteiger partial charge in [0.05, 0.1) is 18.4 Å². The summed E-state index contributed by atoms with van der Waals surface area (Å²) in [6, 6.07) is 6.68. The molecular weight excluding hydrogens is 294 g/mol. The number of rotatable bonds is 3. The molecule has 122 valence electrons. The average molecular weight is 315 g/mol. The number of esters is 1. The van der Waals surface area contributed by atoms with Crippen molar-refractivity contribution >= 4 is 23.3 Å². The van der Waals surface area contributed by atoms with Gasteiger partial charge < -0.3 is 10.1 Å². The Hall–Kier alpha value is -2.17. The maximum absolute atomic E-state index is 12.9. The minimum atomic E-state index is -0.947. The standard InChI is InChI=1S/C18H21NO4/c1-17(2)11-8-9-18(10-11,15(17)21)16(22)19-13-7-5-4-6-12(13)14(20)23-3/h4-7,11H,8-10H2,1-3H3,(H,19,22). The van der Waals surface area contributed by atoms with Gasteiger partial charge in [-0.25, -0.2) is 4.79 Å². The number of fused-ring (bicyclic) bond motifs is 2. The minimum absolute atomic E-state index is 0.0225. The van der Waals surface area contributed by atoms with Gasteiger partial charge in [0.15, 0.2) is 5.78 Å². The molecule has 2 aliphatic rings. The normalized spacial score (nSPS) is 27.8. The molecule has 0 heterocycles. The highest BCUT2D eigenvalue weighted by Crippen LogP contribution is 2.60. The van der Waals surface area contributed by atoms with E-state index in [0.717, 1.165) is 6.42 Å². The summed E-state index contributed by atoms with van der Waals surface area (Å²) >= 11 is 0. The van der Waals surface area contributed by atoms with E-state index >= 15 is 0 Å². The minimum Gasteiger partial charge on any atom is -0.465 e. The Bertz CT molecular complexity index is 694. The fourth-order valence-electron chi connectivity index (χ4n) is 4.10. The number of carbonyl (C=O) groups is 3. The van der Waals surface area contributed by atoms with E-state index in [-0.39, 0.29) is 17.6 Å². The zero-order valence-electron chi connectivity index (χ0n) is 13.6. The van der Waals surface area contributed by atoms with Crippen LogP contribution in [0.5, 0.6) is 0 Å². The molecule has 2 bridgehead atoms. The molecule has 1 aromatic carbocycles. The van der Waals surface area contributed by atoms with Crippen LogP contribution in [0.15, 0.2) is 24.3 Å². The van der Waals surface area contributed by atoms with Gasteiger partial charge in [-0.05, 0) is 37.3 Å². The van der Waals surface area contributed by atoms with Crippen LogP contribution in [0.1, 0.15) is 43.5 Å². The van der Waals surface area contributed by atoms with Crippen LogP contribution in [0.2, 0.25) is 0 Å². The Labute approximate surface area is 135 Å². The molecule has 5 heteroatoms. The molecule has 2 fully saturated rings. The fourth-order valence-corrected chi connectivity index (χ4v) is 4.10. The van der Waals surface area contributed by atoms with E-state index in [4.69, 9.17) is 4.74 Å². The highest BCUT2D eigenvalue weighted by atomic mass is 16.5. The molecule has 2 unspecified atom stereocenters. The highest BCUT2D eigenvalue weighted by Gasteiger charge is 2.65. The number of carbonyl (C=O) groups excluding carboxylic acids is 3. The second kappa shape index (κ2) is 5.18. The summed E-state index contributed by atoms with van der Waals surface area (Å²) in [4.78, 5) is 37.5. The lowest BCUT2D eigenvalue weighted by Crippen LogP contribution is -2.44. The summed E-state index contributed by atoms with van der Waals surface area (Å²) in [6.45, 7) is 3.85. The van der Waals surface area contributed by atoms with Crippen LogP contribution in [0.4, 0.5) is 5.69 Å². The number of hydrogen-bond donors (Lipinski definition) is 1. The van der Waals surface area contributed by atoms with E-state index in [9.17, 15) is 14.4 Å². The van der Waals surface area contributed by atoms with Crippen molar-refractivity contribution in [2.45, 2.75) is 33.1 Å². The molecule has 1 amide bonds. The molecule has 1 aromatic rings. The molecule has 0 aromatic heterocycles. The van der Waals surface area contributed by atoms with Crippen LogP contribution in [0.25, 0.3) is 0 Å². The van der Waals surface area contributed by atoms with Crippen molar-refractivity contribution in [1.29, 1.82) is 0 Å². The van der Waals surface area contributed by atoms with Crippen molar-refractivity contribution in [2.75, 3.05) is 12.4 Å². The summed E-state index contributed by atoms with van der Waals surface area (Å²) in [7, 11) is 1.30. The van der Waals surface area contributed by atoms with Gasteiger partial charge in [-0.1, -0.05) is 26.0 Å². The number of benzene rings is 1. The number of hydrogen-bond acceptors (Lipinski definition) is 4. The maximum Gasteiger partial charge on any atom is 0.339 e. The first-order valence-electron chi connectivity index (χ1n) is 7.86. The number of ether oxygens (including phenoxy) is 1. The van der Waals surface area contributed by atoms with Crippen LogP contribution < -0.4 is 5.32 Å². The number of ketones is 1. The largest absolute Gasteiger partial charge is 0.465 e. The number of Topliss-reactive ketones (excluding diaryl/α,β-unsaturated/α-hetero) is 1. The van der Waals surface area contributed by atoms with Gasteiger partial charge >= 0.3 is 5.97 Å². The van der Waals surface area contributed by atoms with E-state index in [1.807, 2.05) is 13.8 Å². The Morgan fingerprint density at radius 2 is 1.96 bits per heavy atom. The Balaban J connectivity index is 1.89. The number of methoxy groups -OCH3 is 1. The van der Waals surface area contributed by atoms with Crippen molar-refractivity contribution in [3.05, 3.63) is 29.8 Å². The third-order valence-electron chi connectivity index (χ3n) is 5.57. The predicted molar refractivity (Wildman–Crippen MR) is 85.0 cm³/mol. The highest BCUT2D eigenvalue weighted by molar-refractivity contribution is 6.16. The lowest BCUT2D eigenvalue weighted by atomic mass is 9.70. The van der Waals surface area contributed by atoms with E-state index in [2.05, 4.69) is 5.32 Å². The van der Waals surface area contributed by atoms with Crippen molar-refractivity contribution in [2.24, 2.45) is 16.7 Å². The van der Waals surface area contributed by atoms with Crippen LogP contribution in [-0.4, -0.2) is 24.8 Å². The zero-order valence-corrected chi connectivity index (χ0v) is 13.6. The van der Waals surface area contributed by atoms with Gasteiger partial charge in [0, 0.05) is 5.41 Å². The van der Waals surface area contributed by atoms with Crippen molar-refractivity contribution in [3.63, 3.8) is 0 Å². The summed E-state index contributed by atoms with van der Waals surface area (Å²) in [5.41, 5.74) is -0.715. The summed E-state index contributed by atoms with van der Waals surface area (Å²) in [5.74, 6) is -0.529. The Morgan fingerprint density at radius 3 is 2.57 bits per heavy atom. The lowest BCUT2D eigenvalue weighted by Gasteiger charge is -2.32. The first-order valence-corrected chi connectivity index (χ1v) is 7.86. The molecule has 0 radical (unpaired) electrons. The number of anilines is 1. The topological polar surface area (TPSA) is 72.5 Å². The van der Waals surface area contributed by atoms with Gasteiger partial charge in [0.2, 0.25) is 5.91 Å². The second-order valence-electron chi connectivity index (χ2n) is 7.06. The molecule has 0 spiro atoms. The zero-order chi connectivity index (χ0) is 16.8. The van der Waals surface area contributed by atoms with Crippen LogP contribution >= 0.6 is 0 Å². The smallest absolute Gasteiger partial charge is 0.339 e. The van der Waals surface area contributed by atoms with Crippen molar-refractivity contribution in [1.82, 2.24) is 0 Å². The summed E-state index contributed by atoms with van der Waals surface area (Å²) < 4.78 is 4.74. The molecule has 5 nitrogen and oxygen atoms in total. The summed E-state index contributed by atoms with van der Waals surface area (Å²) in [6.07, 6.45) is 2.09. The predicted octanol–water partition coefficient (Wildman–Crippen LogP) is 2.81. The lowest BCUT2D eigenvalue weighted by molar-refractivity contribution is -0.142. The first-order chi connectivity index (χ1) is 10.8. The average Bonchev–Trinajstić information content (AvgIpc) is 3.07. The van der Waals surface area contributed by atoms with Crippen LogP contribution in [0, 0.1) is 16.7 Å². The Kier molecular flexibility index (Phi) is 3.54. The van der Waals surface area contributed by atoms with Gasteiger partial charge in [0.25, 0.3) is 0 Å². The molecule has 1 N–H and O–H groups in total. The molecular formula is C18H21NO4. The molecule has 2 atom stereocenters. The van der Waals surface area contributed by atoms with E-state index in [0.29, 0.717) is 24.1 Å². The number of nitrogens with one attached hydrogen (secondary N) is 1. The third-order valence-corrected chi connectivity index (χ3v) is 5.57. The molecule has 2 saturated carbocycles. The maximum atomic E-state index is 12.9. The van der Waals surface area contributed by atoms with E-state index in [1.54, 1.807) is 24.3 Å². The molecule has 0 saturated heterocycles. The van der Waals surface area contributed by atoms with Crippen molar-refractivity contribution < 1.29 is 19.1 Å². The van der Waals surface area contributed by atoms with Crippen LogP contribution in [-0.2, 0) is 14.3 Å². The van der Waals surface area contributed by atoms with E-state index < -0.39 is 16.8 Å². The quantitative estimate of drug-likeness (QED) is 0.687. The number of para-hydroxylation sites is 1. The SMILES string of the molecule is COC(=O)c1ccccc1NC(=O)C12CCC(C1)C(C)(C)C2=O. The molecule has 0 aliphatic heterocycles. The first kappa shape index (κ1) is 15.7. The van der Waals surface area contributed by atoms with Gasteiger partial charge in [-0.2, -0.15) is 0 Å². The Morgan fingerprint density at radius 1 is 1.26 bits per heavy atom. The second-order valence-corrected chi connectivity index (χ2v) is 7.06. The molecule has 23 heavy (non-hydrogen) atoms. The van der Waals surface area contributed by atoms with Gasteiger partial charge in [-0.15, -0.1) is 0 Å². The molecule has 3 rings (SSSR count). The van der Waals surface area contributed by atoms with Crippen molar-refractivity contribution in [3.8, 4) is 0 Å². The number of amides is 1. The fraction of sp³-hybridized carbons (Fsp3) is 0.500. The monoisotopic (exact) mass is 315 g/mol. The van der Waals surface area contributed by atoms with Gasteiger partial charge in [-0.3, -0.25) is 9.59 Å².